The highest BCUT2D eigenvalue weighted by Crippen LogP contribution is 2.46. The quantitative estimate of drug-likeness (QED) is 0.271. The molecule has 3 rings (SSSR count). The van der Waals surface area contributed by atoms with Crippen LogP contribution in [0.5, 0.6) is 0 Å². The fraction of sp³-hybridized carbons (Fsp3) is 0.645. The summed E-state index contributed by atoms with van der Waals surface area (Å²) in [5.41, 5.74) is 7.47. The first kappa shape index (κ1) is 36.6. The number of sulfonamides is 1. The fourth-order valence-electron chi connectivity index (χ4n) is 4.96. The third kappa shape index (κ3) is 11.4. The lowest BCUT2D eigenvalue weighted by Crippen LogP contribution is -2.40. The van der Waals surface area contributed by atoms with Gasteiger partial charge < -0.3 is 5.73 Å². The summed E-state index contributed by atoms with van der Waals surface area (Å²) in [4.78, 5) is 10.9. The van der Waals surface area contributed by atoms with E-state index in [9.17, 15) is 13.2 Å². The van der Waals surface area contributed by atoms with Crippen molar-refractivity contribution in [1.82, 2.24) is 4.31 Å². The van der Waals surface area contributed by atoms with Crippen molar-refractivity contribution in [3.63, 3.8) is 0 Å². The Morgan fingerprint density at radius 3 is 2.16 bits per heavy atom. The molecule has 3 unspecified atom stereocenters. The molecule has 3 atom stereocenters. The van der Waals surface area contributed by atoms with Gasteiger partial charge in [0.15, 0.2) is 0 Å². The van der Waals surface area contributed by atoms with Crippen molar-refractivity contribution in [2.45, 2.75) is 105 Å². The maximum Gasteiger partial charge on any atom is 0.248 e. The average molecular weight is 614 g/mol. The number of nitrogens with two attached hydrogens (primary N) is 1. The second-order valence-electron chi connectivity index (χ2n) is 11.2. The molecular weight excluding hydrogens is 560 g/mol. The Labute approximate surface area is 242 Å². The van der Waals surface area contributed by atoms with E-state index in [-0.39, 0.29) is 12.1 Å². The second-order valence-corrected chi connectivity index (χ2v) is 14.4. The molecule has 2 aliphatic rings. The highest BCUT2D eigenvalue weighted by molar-refractivity contribution is 9.09. The summed E-state index contributed by atoms with van der Waals surface area (Å²) >= 11 is 3.33. The van der Waals surface area contributed by atoms with Gasteiger partial charge in [0.05, 0.1) is 4.83 Å². The van der Waals surface area contributed by atoms with E-state index in [0.29, 0.717) is 10.8 Å². The maximum absolute atomic E-state index is 12.7. The van der Waals surface area contributed by atoms with E-state index < -0.39 is 26.0 Å². The minimum absolute atomic E-state index is 0.206. The third-order valence-electron chi connectivity index (χ3n) is 7.19. The Hall–Kier alpha value is -1.44. The van der Waals surface area contributed by atoms with Crippen LogP contribution in [0, 0.1) is 16.7 Å². The molecule has 1 fully saturated rings. The predicted octanol–water partition coefficient (Wildman–Crippen LogP) is 7.86. The van der Waals surface area contributed by atoms with Crippen molar-refractivity contribution in [1.29, 1.82) is 0 Å². The van der Waals surface area contributed by atoms with Crippen LogP contribution in [-0.2, 0) is 21.4 Å². The SMILES string of the molecule is CC.CC.CC1CCCC(C)(C)CC1(C)C.CN(Cc1ccccc1)S(=O)(=O)C1C=C(C(N)=O)C=CC1Br. The molecule has 5 nitrogen and oxygen atoms in total. The Kier molecular flexibility index (Phi) is 16.0. The zero-order valence-electron chi connectivity index (χ0n) is 25.4. The number of nitrogens with zero attached hydrogens (tertiary/aromatic N) is 1. The molecule has 1 aromatic carbocycles. The molecule has 0 spiro atoms. The van der Waals surface area contributed by atoms with Crippen LogP contribution in [-0.4, -0.2) is 35.8 Å². The van der Waals surface area contributed by atoms with Crippen molar-refractivity contribution >= 4 is 31.9 Å². The number of hydrogen-bond acceptors (Lipinski definition) is 3. The molecule has 1 saturated carbocycles. The summed E-state index contributed by atoms with van der Waals surface area (Å²) in [6.07, 6.45) is 10.2. The average Bonchev–Trinajstić information content (AvgIpc) is 2.95. The second kappa shape index (κ2) is 16.6. The van der Waals surface area contributed by atoms with Crippen LogP contribution in [0.15, 0.2) is 54.1 Å². The van der Waals surface area contributed by atoms with Crippen LogP contribution >= 0.6 is 15.9 Å². The summed E-state index contributed by atoms with van der Waals surface area (Å²) in [5, 5.41) is -0.867. The van der Waals surface area contributed by atoms with Gasteiger partial charge in [0, 0.05) is 19.2 Å². The zero-order chi connectivity index (χ0) is 29.7. The van der Waals surface area contributed by atoms with Gasteiger partial charge in [0.2, 0.25) is 15.9 Å². The first-order valence-electron chi connectivity index (χ1n) is 14.0. The van der Waals surface area contributed by atoms with Crippen molar-refractivity contribution in [2.24, 2.45) is 22.5 Å². The van der Waals surface area contributed by atoms with Gasteiger partial charge >= 0.3 is 0 Å². The maximum atomic E-state index is 12.7. The van der Waals surface area contributed by atoms with Crippen LogP contribution in [0.2, 0.25) is 0 Å². The van der Waals surface area contributed by atoms with Crippen molar-refractivity contribution < 1.29 is 13.2 Å². The molecular formula is C31H53BrN2O3S. The summed E-state index contributed by atoms with van der Waals surface area (Å²) < 4.78 is 26.8. The van der Waals surface area contributed by atoms with E-state index in [4.69, 9.17) is 5.73 Å². The van der Waals surface area contributed by atoms with Crippen LogP contribution in [0.4, 0.5) is 0 Å². The van der Waals surface area contributed by atoms with Crippen LogP contribution < -0.4 is 5.73 Å². The summed E-state index contributed by atoms with van der Waals surface area (Å²) in [6.45, 7) is 20.4. The van der Waals surface area contributed by atoms with Gasteiger partial charge in [-0.2, -0.15) is 0 Å². The van der Waals surface area contributed by atoms with Gasteiger partial charge in [-0.15, -0.1) is 0 Å². The largest absolute Gasteiger partial charge is 0.366 e. The number of rotatable bonds is 5. The van der Waals surface area contributed by atoms with E-state index in [1.807, 2.05) is 58.0 Å². The number of allylic oxidation sites excluding steroid dienone is 1. The molecule has 0 aromatic heterocycles. The highest BCUT2D eigenvalue weighted by Gasteiger charge is 2.36. The lowest BCUT2D eigenvalue weighted by molar-refractivity contribution is -0.114. The standard InChI is InChI=1S/C15H17BrN2O3S.C12H24.2C2H6/c1-18(10-11-5-3-2-4-6-11)22(20,21)14-9-12(15(17)19)7-8-13(14)16;1-10-7-6-8-11(2,3)9-12(10,4)5;2*1-2/h2-9,13-14H,10H2,1H3,(H2,17,19);10H,6-9H2,1-5H3;2*1-2H3. The molecule has 2 N–H and O–H groups in total. The normalized spacial score (nSPS) is 23.7. The Morgan fingerprint density at radius 1 is 1.08 bits per heavy atom. The molecule has 0 saturated heterocycles. The first-order chi connectivity index (χ1) is 17.7. The molecule has 218 valence electrons. The van der Waals surface area contributed by atoms with E-state index in [2.05, 4.69) is 50.5 Å². The number of amides is 1. The Balaban J connectivity index is 0.000000723. The minimum Gasteiger partial charge on any atom is -0.366 e. The number of carbonyl (C=O) groups excluding carboxylic acids is 1. The fourth-order valence-corrected chi connectivity index (χ4v) is 7.56. The smallest absolute Gasteiger partial charge is 0.248 e. The molecule has 7 heteroatoms. The number of benzene rings is 1. The van der Waals surface area contributed by atoms with E-state index in [1.165, 1.54) is 49.2 Å². The van der Waals surface area contributed by atoms with Gasteiger partial charge in [0.1, 0.15) is 5.25 Å². The summed E-state index contributed by atoms with van der Waals surface area (Å²) in [6, 6.07) is 9.32. The van der Waals surface area contributed by atoms with Gasteiger partial charge in [-0.25, -0.2) is 12.7 Å². The number of hydrogen-bond donors (Lipinski definition) is 1. The summed E-state index contributed by atoms with van der Waals surface area (Å²) in [5.74, 6) is 0.265. The van der Waals surface area contributed by atoms with Gasteiger partial charge in [-0.3, -0.25) is 4.79 Å². The molecule has 1 aromatic rings. The molecule has 0 radical (unpaired) electrons. The topological polar surface area (TPSA) is 80.5 Å². The van der Waals surface area contributed by atoms with Gasteiger partial charge in [-0.05, 0) is 35.2 Å². The van der Waals surface area contributed by atoms with Crippen LogP contribution in [0.25, 0.3) is 0 Å². The third-order valence-corrected chi connectivity index (χ3v) is 10.5. The van der Waals surface area contributed by atoms with Crippen molar-refractivity contribution in [3.05, 3.63) is 59.7 Å². The molecule has 1 amide bonds. The van der Waals surface area contributed by atoms with Crippen LogP contribution in [0.1, 0.15) is 93.6 Å². The Bertz CT molecular complexity index is 1000. The van der Waals surface area contributed by atoms with Gasteiger partial charge in [0.25, 0.3) is 0 Å². The monoisotopic (exact) mass is 612 g/mol. The van der Waals surface area contributed by atoms with Crippen molar-refractivity contribution in [2.75, 3.05) is 7.05 Å². The lowest BCUT2D eigenvalue weighted by atomic mass is 9.70. The Morgan fingerprint density at radius 2 is 1.63 bits per heavy atom. The summed E-state index contributed by atoms with van der Waals surface area (Å²) in [7, 11) is -2.10. The number of halogens is 1. The molecule has 0 aliphatic heterocycles. The zero-order valence-corrected chi connectivity index (χ0v) is 27.8. The van der Waals surface area contributed by atoms with E-state index in [0.717, 1.165) is 11.5 Å². The number of carbonyl (C=O) groups is 1. The highest BCUT2D eigenvalue weighted by atomic mass is 79.9. The first-order valence-corrected chi connectivity index (χ1v) is 16.4. The molecule has 38 heavy (non-hydrogen) atoms. The van der Waals surface area contributed by atoms with E-state index >= 15 is 0 Å². The predicted molar refractivity (Wildman–Crippen MR) is 168 cm³/mol. The number of alkyl halides is 1. The number of primary amides is 1. The molecule has 2 aliphatic carbocycles. The van der Waals surface area contributed by atoms with Gasteiger partial charge in [-0.1, -0.05) is 140 Å². The molecule has 0 heterocycles. The molecule has 0 bridgehead atoms. The van der Waals surface area contributed by atoms with E-state index in [1.54, 1.807) is 6.08 Å². The lowest BCUT2D eigenvalue weighted by Gasteiger charge is -2.35. The van der Waals surface area contributed by atoms with Crippen molar-refractivity contribution in [3.8, 4) is 0 Å². The van der Waals surface area contributed by atoms with Crippen LogP contribution in [0.3, 0.4) is 0 Å². The minimum atomic E-state index is -3.62.